The number of rotatable bonds is 4. The van der Waals surface area contributed by atoms with Gasteiger partial charge in [0.1, 0.15) is 0 Å². The van der Waals surface area contributed by atoms with Gasteiger partial charge in [0.25, 0.3) is 5.56 Å². The molecule has 0 saturated heterocycles. The molecule has 7 heteroatoms. The second-order valence-corrected chi connectivity index (χ2v) is 4.50. The Bertz CT molecular complexity index is 866. The molecule has 0 unspecified atom stereocenters. The summed E-state index contributed by atoms with van der Waals surface area (Å²) in [6, 6.07) is 9.03. The van der Waals surface area contributed by atoms with Crippen LogP contribution in [0.4, 0.5) is 0 Å². The lowest BCUT2D eigenvalue weighted by Gasteiger charge is -1.98. The topological polar surface area (TPSA) is 109 Å². The Hall–Kier alpha value is -2.96. The maximum Gasteiger partial charge on any atom is 0.303 e. The minimum atomic E-state index is -0.946. The van der Waals surface area contributed by atoms with Gasteiger partial charge in [0, 0.05) is 11.9 Å². The number of nitrogens with zero attached hydrogens (tertiary/aromatic N) is 2. The highest BCUT2D eigenvalue weighted by Gasteiger charge is 2.13. The molecule has 21 heavy (non-hydrogen) atoms. The molecule has 2 N–H and O–H groups in total. The van der Waals surface area contributed by atoms with Gasteiger partial charge in [0.15, 0.2) is 0 Å². The number of aromatic amines is 1. The van der Waals surface area contributed by atoms with Crippen LogP contribution in [0, 0.1) is 0 Å². The van der Waals surface area contributed by atoms with E-state index in [2.05, 4.69) is 15.1 Å². The van der Waals surface area contributed by atoms with Crippen molar-refractivity contribution in [1.82, 2.24) is 15.1 Å². The fraction of sp³-hybridized carbons (Fsp3) is 0.143. The standard InChI is InChI=1S/C14H11N3O4/c18-12(19)6-5-11-16-13(17-21-11)9-7-8-3-1-2-4-10(8)15-14(9)20/h1-4,7H,5-6H2,(H,15,20)(H,18,19). The lowest BCUT2D eigenvalue weighted by molar-refractivity contribution is -0.137. The molecule has 3 rings (SSSR count). The molecule has 0 spiro atoms. The largest absolute Gasteiger partial charge is 0.481 e. The smallest absolute Gasteiger partial charge is 0.303 e. The van der Waals surface area contributed by atoms with Crippen molar-refractivity contribution in [3.8, 4) is 11.4 Å². The maximum atomic E-state index is 12.0. The van der Waals surface area contributed by atoms with Crippen LogP contribution in [0.2, 0.25) is 0 Å². The number of aromatic nitrogens is 3. The summed E-state index contributed by atoms with van der Waals surface area (Å²) in [4.78, 5) is 29.3. The summed E-state index contributed by atoms with van der Waals surface area (Å²) in [6.07, 6.45) is 0.0313. The first-order valence-corrected chi connectivity index (χ1v) is 6.30. The minimum absolute atomic E-state index is 0.101. The summed E-state index contributed by atoms with van der Waals surface area (Å²) in [6.45, 7) is 0. The number of nitrogens with one attached hydrogen (secondary N) is 1. The van der Waals surface area contributed by atoms with Gasteiger partial charge in [0.05, 0.1) is 12.0 Å². The molecule has 1 aromatic carbocycles. The molecule has 7 nitrogen and oxygen atoms in total. The van der Waals surface area contributed by atoms with Gasteiger partial charge in [-0.1, -0.05) is 23.4 Å². The van der Waals surface area contributed by atoms with Crippen molar-refractivity contribution in [2.75, 3.05) is 0 Å². The minimum Gasteiger partial charge on any atom is -0.481 e. The van der Waals surface area contributed by atoms with E-state index >= 15 is 0 Å². The molecule has 0 atom stereocenters. The molecule has 3 aromatic rings. The Kier molecular flexibility index (Phi) is 3.23. The average molecular weight is 285 g/mol. The number of hydrogen-bond donors (Lipinski definition) is 2. The van der Waals surface area contributed by atoms with Gasteiger partial charge >= 0.3 is 5.97 Å². The van der Waals surface area contributed by atoms with Gasteiger partial charge in [0.2, 0.25) is 11.7 Å². The molecule has 0 bridgehead atoms. The molecular weight excluding hydrogens is 274 g/mol. The van der Waals surface area contributed by atoms with E-state index in [9.17, 15) is 9.59 Å². The molecule has 0 fully saturated rings. The van der Waals surface area contributed by atoms with Crippen LogP contribution >= 0.6 is 0 Å². The van der Waals surface area contributed by atoms with Gasteiger partial charge in [-0.15, -0.1) is 0 Å². The number of fused-ring (bicyclic) bond motifs is 1. The summed E-state index contributed by atoms with van der Waals surface area (Å²) in [5.41, 5.74) is 0.694. The molecule has 0 aliphatic heterocycles. The number of aryl methyl sites for hydroxylation is 1. The zero-order valence-corrected chi connectivity index (χ0v) is 10.9. The molecule has 0 saturated carbocycles. The molecule has 0 amide bonds. The molecule has 0 radical (unpaired) electrons. The summed E-state index contributed by atoms with van der Waals surface area (Å²) in [7, 11) is 0. The maximum absolute atomic E-state index is 12.0. The highest BCUT2D eigenvalue weighted by atomic mass is 16.5. The number of aliphatic carboxylic acids is 1. The van der Waals surface area contributed by atoms with Crippen LogP contribution in [0.15, 0.2) is 39.6 Å². The molecule has 0 aliphatic carbocycles. The van der Waals surface area contributed by atoms with Crippen molar-refractivity contribution >= 4 is 16.9 Å². The highest BCUT2D eigenvalue weighted by molar-refractivity contribution is 5.82. The third-order valence-corrected chi connectivity index (χ3v) is 3.02. The number of pyridine rings is 1. The lowest BCUT2D eigenvalue weighted by atomic mass is 10.1. The third kappa shape index (κ3) is 2.66. The van der Waals surface area contributed by atoms with Crippen LogP contribution in [0.25, 0.3) is 22.3 Å². The van der Waals surface area contributed by atoms with Crippen LogP contribution in [0.3, 0.4) is 0 Å². The van der Waals surface area contributed by atoms with Gasteiger partial charge in [-0.2, -0.15) is 4.98 Å². The SMILES string of the molecule is O=C(O)CCc1nc(-c2cc3ccccc3[nH]c2=O)no1. The Morgan fingerprint density at radius 3 is 2.95 bits per heavy atom. The first kappa shape index (κ1) is 13.0. The van der Waals surface area contributed by atoms with Crippen LogP contribution in [0.5, 0.6) is 0 Å². The van der Waals surface area contributed by atoms with E-state index in [0.29, 0.717) is 5.56 Å². The quantitative estimate of drug-likeness (QED) is 0.753. The molecule has 2 heterocycles. The fourth-order valence-electron chi connectivity index (χ4n) is 1.99. The summed E-state index contributed by atoms with van der Waals surface area (Å²) >= 11 is 0. The molecule has 2 aromatic heterocycles. The third-order valence-electron chi connectivity index (χ3n) is 3.02. The predicted octanol–water partition coefficient (Wildman–Crippen LogP) is 1.60. The number of carboxylic acid groups (broad SMARTS) is 1. The van der Waals surface area contributed by atoms with E-state index in [1.165, 1.54) is 0 Å². The van der Waals surface area contributed by atoms with Crippen molar-refractivity contribution < 1.29 is 14.4 Å². The number of para-hydroxylation sites is 1. The number of hydrogen-bond acceptors (Lipinski definition) is 5. The van der Waals surface area contributed by atoms with E-state index < -0.39 is 5.97 Å². The highest BCUT2D eigenvalue weighted by Crippen LogP contribution is 2.17. The Morgan fingerprint density at radius 2 is 2.14 bits per heavy atom. The second-order valence-electron chi connectivity index (χ2n) is 4.50. The van der Waals surface area contributed by atoms with E-state index in [-0.39, 0.29) is 30.1 Å². The van der Waals surface area contributed by atoms with Crippen molar-refractivity contribution in [2.45, 2.75) is 12.8 Å². The summed E-state index contributed by atoms with van der Waals surface area (Å²) in [5, 5.41) is 13.2. The van der Waals surface area contributed by atoms with Crippen LogP contribution in [-0.2, 0) is 11.2 Å². The first-order valence-electron chi connectivity index (χ1n) is 6.30. The van der Waals surface area contributed by atoms with Crippen molar-refractivity contribution in [1.29, 1.82) is 0 Å². The van der Waals surface area contributed by atoms with Crippen LogP contribution in [-0.4, -0.2) is 26.2 Å². The van der Waals surface area contributed by atoms with Crippen LogP contribution < -0.4 is 5.56 Å². The number of H-pyrrole nitrogens is 1. The molecule has 106 valence electrons. The Labute approximate surface area is 118 Å². The van der Waals surface area contributed by atoms with Crippen molar-refractivity contribution in [3.05, 3.63) is 46.6 Å². The van der Waals surface area contributed by atoms with Crippen molar-refractivity contribution in [2.24, 2.45) is 0 Å². The normalized spacial score (nSPS) is 10.9. The van der Waals surface area contributed by atoms with E-state index in [0.717, 1.165) is 10.9 Å². The Morgan fingerprint density at radius 1 is 1.33 bits per heavy atom. The van der Waals surface area contributed by atoms with Gasteiger partial charge in [-0.3, -0.25) is 9.59 Å². The zero-order chi connectivity index (χ0) is 14.8. The molecular formula is C14H11N3O4. The summed E-state index contributed by atoms with van der Waals surface area (Å²) < 4.78 is 4.96. The van der Waals surface area contributed by atoms with E-state index in [1.54, 1.807) is 12.1 Å². The van der Waals surface area contributed by atoms with Gasteiger partial charge in [-0.25, -0.2) is 0 Å². The predicted molar refractivity (Wildman–Crippen MR) is 73.8 cm³/mol. The van der Waals surface area contributed by atoms with Crippen molar-refractivity contribution in [3.63, 3.8) is 0 Å². The number of carbonyl (C=O) groups is 1. The van der Waals surface area contributed by atoms with E-state index in [4.69, 9.17) is 9.63 Å². The zero-order valence-electron chi connectivity index (χ0n) is 10.9. The van der Waals surface area contributed by atoms with E-state index in [1.807, 2.05) is 18.2 Å². The number of benzene rings is 1. The van der Waals surface area contributed by atoms with Gasteiger partial charge < -0.3 is 14.6 Å². The lowest BCUT2D eigenvalue weighted by Crippen LogP contribution is -2.09. The molecule has 0 aliphatic rings. The average Bonchev–Trinajstić information content (AvgIpc) is 2.93. The summed E-state index contributed by atoms with van der Waals surface area (Å²) in [5.74, 6) is -0.597. The Balaban J connectivity index is 1.98. The first-order chi connectivity index (χ1) is 10.1. The van der Waals surface area contributed by atoms with Crippen LogP contribution in [0.1, 0.15) is 12.3 Å². The second kappa shape index (κ2) is 5.20. The fourth-order valence-corrected chi connectivity index (χ4v) is 1.99. The monoisotopic (exact) mass is 285 g/mol. The van der Waals surface area contributed by atoms with Gasteiger partial charge in [-0.05, 0) is 17.5 Å². The number of carboxylic acids is 1.